The molecular formula is C24H26ClN3O3. The maximum Gasteiger partial charge on any atom is 0.253 e. The molecule has 1 amide bonds. The lowest BCUT2D eigenvalue weighted by atomic mass is 9.97. The van der Waals surface area contributed by atoms with Crippen molar-refractivity contribution in [2.24, 2.45) is 0 Å². The number of nitrogens with zero attached hydrogens (tertiary/aromatic N) is 3. The van der Waals surface area contributed by atoms with Crippen LogP contribution in [0.25, 0.3) is 11.4 Å². The monoisotopic (exact) mass is 439 g/mol. The van der Waals surface area contributed by atoms with Gasteiger partial charge < -0.3 is 14.2 Å². The highest BCUT2D eigenvalue weighted by molar-refractivity contribution is 6.30. The zero-order chi connectivity index (χ0) is 21.6. The van der Waals surface area contributed by atoms with Crippen LogP contribution in [-0.2, 0) is 0 Å². The minimum atomic E-state index is 0.0160. The third-order valence-electron chi connectivity index (χ3n) is 5.47. The van der Waals surface area contributed by atoms with Gasteiger partial charge in [-0.1, -0.05) is 30.1 Å². The first-order valence-electron chi connectivity index (χ1n) is 10.8. The number of likely N-dealkylation sites (tertiary alicyclic amines) is 1. The first-order chi connectivity index (χ1) is 15.1. The molecule has 1 atom stereocenters. The van der Waals surface area contributed by atoms with Crippen molar-refractivity contribution in [1.29, 1.82) is 0 Å². The average Bonchev–Trinajstić information content (AvgIpc) is 3.30. The van der Waals surface area contributed by atoms with Gasteiger partial charge in [0.25, 0.3) is 5.91 Å². The number of ether oxygens (including phenoxy) is 1. The lowest BCUT2D eigenvalue weighted by molar-refractivity contribution is 0.0695. The van der Waals surface area contributed by atoms with Gasteiger partial charge in [-0.05, 0) is 67.8 Å². The van der Waals surface area contributed by atoms with E-state index in [0.29, 0.717) is 35.5 Å². The van der Waals surface area contributed by atoms with Crippen LogP contribution in [0.3, 0.4) is 0 Å². The van der Waals surface area contributed by atoms with Gasteiger partial charge in [0.1, 0.15) is 5.75 Å². The van der Waals surface area contributed by atoms with Gasteiger partial charge in [0.2, 0.25) is 11.7 Å². The Morgan fingerprint density at radius 1 is 1.19 bits per heavy atom. The predicted molar refractivity (Wildman–Crippen MR) is 119 cm³/mol. The van der Waals surface area contributed by atoms with Crippen molar-refractivity contribution in [1.82, 2.24) is 15.0 Å². The second kappa shape index (κ2) is 9.96. The zero-order valence-corrected chi connectivity index (χ0v) is 18.3. The number of amides is 1. The van der Waals surface area contributed by atoms with Crippen LogP contribution in [0.1, 0.15) is 54.8 Å². The zero-order valence-electron chi connectivity index (χ0n) is 17.6. The second-order valence-electron chi connectivity index (χ2n) is 7.78. The molecule has 1 aliphatic rings. The average molecular weight is 440 g/mol. The Labute approximate surface area is 187 Å². The second-order valence-corrected chi connectivity index (χ2v) is 8.22. The molecule has 2 heterocycles. The molecule has 0 N–H and O–H groups in total. The number of halogens is 1. The fourth-order valence-electron chi connectivity index (χ4n) is 3.69. The summed E-state index contributed by atoms with van der Waals surface area (Å²) in [6.45, 7) is 4.11. The van der Waals surface area contributed by atoms with E-state index < -0.39 is 0 Å². The van der Waals surface area contributed by atoms with Crippen LogP contribution in [0.4, 0.5) is 0 Å². The highest BCUT2D eigenvalue weighted by Crippen LogP contribution is 2.29. The van der Waals surface area contributed by atoms with Gasteiger partial charge >= 0.3 is 0 Å². The Morgan fingerprint density at radius 2 is 1.97 bits per heavy atom. The predicted octanol–water partition coefficient (Wildman–Crippen LogP) is 5.59. The van der Waals surface area contributed by atoms with E-state index in [4.69, 9.17) is 20.9 Å². The van der Waals surface area contributed by atoms with Crippen molar-refractivity contribution in [3.63, 3.8) is 0 Å². The summed E-state index contributed by atoms with van der Waals surface area (Å²) in [6.07, 6.45) is 3.92. The Balaban J connectivity index is 1.40. The topological polar surface area (TPSA) is 68.5 Å². The molecule has 0 spiro atoms. The summed E-state index contributed by atoms with van der Waals surface area (Å²) in [5.74, 6) is 1.95. The van der Waals surface area contributed by atoms with Gasteiger partial charge in [0, 0.05) is 29.2 Å². The molecular weight excluding hydrogens is 414 g/mol. The lowest BCUT2D eigenvalue weighted by Crippen LogP contribution is -2.39. The molecule has 1 unspecified atom stereocenters. The number of rotatable bonds is 7. The van der Waals surface area contributed by atoms with Crippen LogP contribution in [0, 0.1) is 0 Å². The van der Waals surface area contributed by atoms with Crippen molar-refractivity contribution in [2.45, 2.75) is 38.5 Å². The number of carbonyl (C=O) groups excluding carboxylic acids is 1. The van der Waals surface area contributed by atoms with E-state index in [1.54, 1.807) is 12.1 Å². The summed E-state index contributed by atoms with van der Waals surface area (Å²) in [4.78, 5) is 19.5. The summed E-state index contributed by atoms with van der Waals surface area (Å²) >= 11 is 5.95. The van der Waals surface area contributed by atoms with Crippen molar-refractivity contribution in [2.75, 3.05) is 19.7 Å². The molecule has 4 rings (SSSR count). The highest BCUT2D eigenvalue weighted by Gasteiger charge is 2.29. The maximum absolute atomic E-state index is 13.0. The number of unbranched alkanes of at least 4 members (excludes halogenated alkanes) is 1. The number of hydrogen-bond acceptors (Lipinski definition) is 5. The lowest BCUT2D eigenvalue weighted by Gasteiger charge is -2.31. The Kier molecular flexibility index (Phi) is 6.87. The number of piperidine rings is 1. The third kappa shape index (κ3) is 5.25. The molecule has 7 heteroatoms. The van der Waals surface area contributed by atoms with Gasteiger partial charge in [0.15, 0.2) is 0 Å². The fourth-order valence-corrected chi connectivity index (χ4v) is 3.82. The SMILES string of the molecule is CCCCOc1ccc(C(=O)N2CCCC(c3nc(-c4ccc(Cl)cc4)no3)C2)cc1. The van der Waals surface area contributed by atoms with Crippen molar-refractivity contribution >= 4 is 17.5 Å². The van der Waals surface area contributed by atoms with E-state index in [0.717, 1.165) is 43.5 Å². The quantitative estimate of drug-likeness (QED) is 0.449. The fraction of sp³-hybridized carbons (Fsp3) is 0.375. The van der Waals surface area contributed by atoms with Gasteiger partial charge in [-0.15, -0.1) is 0 Å². The molecule has 1 fully saturated rings. The molecule has 0 aliphatic carbocycles. The van der Waals surface area contributed by atoms with Crippen LogP contribution >= 0.6 is 11.6 Å². The first-order valence-corrected chi connectivity index (χ1v) is 11.1. The smallest absolute Gasteiger partial charge is 0.253 e. The van der Waals surface area contributed by atoms with Gasteiger partial charge in [-0.25, -0.2) is 0 Å². The van der Waals surface area contributed by atoms with Crippen LogP contribution in [-0.4, -0.2) is 40.6 Å². The molecule has 1 aromatic heterocycles. The minimum absolute atomic E-state index is 0.0160. The van der Waals surface area contributed by atoms with Gasteiger partial charge in [-0.2, -0.15) is 4.98 Å². The van der Waals surface area contributed by atoms with Crippen LogP contribution < -0.4 is 4.74 Å². The molecule has 1 aliphatic heterocycles. The molecule has 0 saturated carbocycles. The van der Waals surface area contributed by atoms with E-state index in [9.17, 15) is 4.79 Å². The molecule has 1 saturated heterocycles. The van der Waals surface area contributed by atoms with E-state index in [1.807, 2.05) is 41.3 Å². The number of hydrogen-bond donors (Lipinski definition) is 0. The van der Waals surface area contributed by atoms with E-state index in [-0.39, 0.29) is 11.8 Å². The normalized spacial score (nSPS) is 16.3. The Hall–Kier alpha value is -2.86. The van der Waals surface area contributed by atoms with Crippen molar-refractivity contribution in [3.8, 4) is 17.1 Å². The standard InChI is InChI=1S/C24H26ClN3O3/c1-2-3-15-30-21-12-8-18(9-13-21)24(29)28-14-4-5-19(16-28)23-26-22(27-31-23)17-6-10-20(25)11-7-17/h6-13,19H,2-5,14-16H2,1H3. The number of benzene rings is 2. The molecule has 6 nitrogen and oxygen atoms in total. The van der Waals surface area contributed by atoms with Gasteiger partial charge in [0.05, 0.1) is 12.5 Å². The molecule has 2 aromatic carbocycles. The van der Waals surface area contributed by atoms with Crippen LogP contribution in [0.15, 0.2) is 53.1 Å². The maximum atomic E-state index is 13.0. The number of carbonyl (C=O) groups is 1. The summed E-state index contributed by atoms with van der Waals surface area (Å²) in [7, 11) is 0. The molecule has 162 valence electrons. The van der Waals surface area contributed by atoms with E-state index >= 15 is 0 Å². The summed E-state index contributed by atoms with van der Waals surface area (Å²) in [5.41, 5.74) is 1.51. The Bertz CT molecular complexity index is 1000. The molecule has 31 heavy (non-hydrogen) atoms. The third-order valence-corrected chi connectivity index (χ3v) is 5.72. The minimum Gasteiger partial charge on any atom is -0.494 e. The molecule has 3 aromatic rings. The molecule has 0 bridgehead atoms. The van der Waals surface area contributed by atoms with Crippen LogP contribution in [0.5, 0.6) is 5.75 Å². The van der Waals surface area contributed by atoms with Crippen LogP contribution in [0.2, 0.25) is 5.02 Å². The molecule has 0 radical (unpaired) electrons. The highest BCUT2D eigenvalue weighted by atomic mass is 35.5. The Morgan fingerprint density at radius 3 is 2.71 bits per heavy atom. The number of aromatic nitrogens is 2. The van der Waals surface area contributed by atoms with Gasteiger partial charge in [-0.3, -0.25) is 4.79 Å². The van der Waals surface area contributed by atoms with E-state index in [1.165, 1.54) is 0 Å². The summed E-state index contributed by atoms with van der Waals surface area (Å²) < 4.78 is 11.2. The first kappa shape index (κ1) is 21.4. The largest absolute Gasteiger partial charge is 0.494 e. The summed E-state index contributed by atoms with van der Waals surface area (Å²) in [6, 6.07) is 14.7. The summed E-state index contributed by atoms with van der Waals surface area (Å²) in [5, 5.41) is 4.77. The van der Waals surface area contributed by atoms with Crippen molar-refractivity contribution < 1.29 is 14.1 Å². The van der Waals surface area contributed by atoms with Crippen molar-refractivity contribution in [3.05, 3.63) is 65.0 Å². The van der Waals surface area contributed by atoms with E-state index in [2.05, 4.69) is 17.1 Å².